The average molecular weight is 415 g/mol. The predicted molar refractivity (Wildman–Crippen MR) is 106 cm³/mol. The third-order valence-electron chi connectivity index (χ3n) is 5.35. The molecule has 150 valence electrons. The van der Waals surface area contributed by atoms with Crippen molar-refractivity contribution < 1.29 is 17.9 Å². The zero-order valence-corrected chi connectivity index (χ0v) is 17.0. The minimum atomic E-state index is -3.37. The number of ether oxygens (including phenoxy) is 1. The molecule has 27 heavy (non-hydrogen) atoms. The SMILES string of the molecule is O=C(CS(=O)(=O)C1CCCC1)NCC(c1cccc(Cl)c1)N1CCOCC1. The van der Waals surface area contributed by atoms with E-state index in [-0.39, 0.29) is 11.3 Å². The van der Waals surface area contributed by atoms with Crippen LogP contribution in [0.2, 0.25) is 5.02 Å². The Morgan fingerprint density at radius 2 is 1.96 bits per heavy atom. The van der Waals surface area contributed by atoms with E-state index in [1.165, 1.54) is 0 Å². The van der Waals surface area contributed by atoms with Crippen LogP contribution in [0.3, 0.4) is 0 Å². The fourth-order valence-corrected chi connectivity index (χ4v) is 5.82. The normalized spacial score (nSPS) is 20.5. The van der Waals surface area contributed by atoms with Crippen LogP contribution in [-0.2, 0) is 19.4 Å². The lowest BCUT2D eigenvalue weighted by atomic mass is 10.0. The lowest BCUT2D eigenvalue weighted by molar-refractivity contribution is -0.119. The second kappa shape index (κ2) is 9.37. The Morgan fingerprint density at radius 1 is 1.26 bits per heavy atom. The van der Waals surface area contributed by atoms with Gasteiger partial charge in [-0.25, -0.2) is 8.42 Å². The van der Waals surface area contributed by atoms with E-state index >= 15 is 0 Å². The zero-order chi connectivity index (χ0) is 19.3. The Morgan fingerprint density at radius 3 is 2.63 bits per heavy atom. The first kappa shape index (κ1) is 20.6. The van der Waals surface area contributed by atoms with Gasteiger partial charge in [0.1, 0.15) is 5.75 Å². The van der Waals surface area contributed by atoms with Crippen LogP contribution in [0, 0.1) is 0 Å². The van der Waals surface area contributed by atoms with Crippen molar-refractivity contribution in [2.75, 3.05) is 38.6 Å². The van der Waals surface area contributed by atoms with Crippen LogP contribution in [0.5, 0.6) is 0 Å². The van der Waals surface area contributed by atoms with Crippen molar-refractivity contribution in [3.63, 3.8) is 0 Å². The Kier molecular flexibility index (Phi) is 7.14. The van der Waals surface area contributed by atoms with Gasteiger partial charge >= 0.3 is 0 Å². The second-order valence-corrected chi connectivity index (χ2v) is 9.95. The van der Waals surface area contributed by atoms with Crippen LogP contribution < -0.4 is 5.32 Å². The monoisotopic (exact) mass is 414 g/mol. The number of carbonyl (C=O) groups excluding carboxylic acids is 1. The van der Waals surface area contributed by atoms with Gasteiger partial charge in [-0.05, 0) is 30.5 Å². The molecule has 3 rings (SSSR count). The molecule has 1 atom stereocenters. The molecule has 1 aromatic rings. The number of rotatable bonds is 7. The van der Waals surface area contributed by atoms with E-state index in [1.807, 2.05) is 24.3 Å². The number of hydrogen-bond acceptors (Lipinski definition) is 5. The van der Waals surface area contributed by atoms with Gasteiger partial charge in [0, 0.05) is 24.7 Å². The predicted octanol–water partition coefficient (Wildman–Crippen LogP) is 2.19. The van der Waals surface area contributed by atoms with Crippen molar-refractivity contribution in [1.29, 1.82) is 0 Å². The molecule has 0 aromatic heterocycles. The number of morpholine rings is 1. The molecule has 2 fully saturated rings. The second-order valence-electron chi connectivity index (χ2n) is 7.24. The maximum atomic E-state index is 12.4. The third kappa shape index (κ3) is 5.67. The van der Waals surface area contributed by atoms with E-state index in [0.29, 0.717) is 37.6 Å². The highest BCUT2D eigenvalue weighted by molar-refractivity contribution is 7.92. The number of nitrogens with zero attached hydrogens (tertiary/aromatic N) is 1. The van der Waals surface area contributed by atoms with Gasteiger partial charge in [-0.15, -0.1) is 0 Å². The van der Waals surface area contributed by atoms with Crippen molar-refractivity contribution >= 4 is 27.3 Å². The molecular weight excluding hydrogens is 388 g/mol. The molecule has 1 N–H and O–H groups in total. The highest BCUT2D eigenvalue weighted by atomic mass is 35.5. The number of nitrogens with one attached hydrogen (secondary N) is 1. The quantitative estimate of drug-likeness (QED) is 0.740. The first-order chi connectivity index (χ1) is 13.0. The van der Waals surface area contributed by atoms with Crippen molar-refractivity contribution in [3.8, 4) is 0 Å². The number of sulfone groups is 1. The summed E-state index contributed by atoms with van der Waals surface area (Å²) in [4.78, 5) is 14.6. The Labute approximate surface area is 166 Å². The summed E-state index contributed by atoms with van der Waals surface area (Å²) >= 11 is 6.14. The van der Waals surface area contributed by atoms with Gasteiger partial charge in [-0.3, -0.25) is 9.69 Å². The lowest BCUT2D eigenvalue weighted by Crippen LogP contribution is -2.45. The van der Waals surface area contributed by atoms with Crippen molar-refractivity contribution in [2.45, 2.75) is 37.0 Å². The molecule has 1 amide bonds. The lowest BCUT2D eigenvalue weighted by Gasteiger charge is -2.35. The van der Waals surface area contributed by atoms with E-state index < -0.39 is 21.5 Å². The van der Waals surface area contributed by atoms with E-state index in [4.69, 9.17) is 16.3 Å². The molecule has 2 aliphatic rings. The summed E-state index contributed by atoms with van der Waals surface area (Å²) in [6.07, 6.45) is 3.21. The number of amides is 1. The van der Waals surface area contributed by atoms with Gasteiger partial charge in [0.25, 0.3) is 0 Å². The van der Waals surface area contributed by atoms with Crippen LogP contribution in [0.1, 0.15) is 37.3 Å². The summed E-state index contributed by atoms with van der Waals surface area (Å²) in [5.41, 5.74) is 1.00. The van der Waals surface area contributed by atoms with E-state index in [0.717, 1.165) is 31.5 Å². The molecule has 1 aliphatic heterocycles. The fraction of sp³-hybridized carbons (Fsp3) is 0.632. The van der Waals surface area contributed by atoms with Crippen molar-refractivity contribution in [1.82, 2.24) is 10.2 Å². The third-order valence-corrected chi connectivity index (χ3v) is 7.74. The average Bonchev–Trinajstić information content (AvgIpc) is 3.18. The molecule has 1 heterocycles. The van der Waals surface area contributed by atoms with E-state index in [1.54, 1.807) is 0 Å². The minimum Gasteiger partial charge on any atom is -0.379 e. The molecule has 0 bridgehead atoms. The molecule has 6 nitrogen and oxygen atoms in total. The summed E-state index contributed by atoms with van der Waals surface area (Å²) in [6, 6.07) is 7.51. The molecule has 0 radical (unpaired) electrons. The van der Waals surface area contributed by atoms with Crippen molar-refractivity contribution in [3.05, 3.63) is 34.9 Å². The number of benzene rings is 1. The number of hydrogen-bond donors (Lipinski definition) is 1. The first-order valence-electron chi connectivity index (χ1n) is 9.51. The molecule has 1 aliphatic carbocycles. The van der Waals surface area contributed by atoms with E-state index in [2.05, 4.69) is 10.2 Å². The maximum absolute atomic E-state index is 12.4. The van der Waals surface area contributed by atoms with Gasteiger partial charge in [-0.2, -0.15) is 0 Å². The molecule has 1 saturated carbocycles. The summed E-state index contributed by atoms with van der Waals surface area (Å²) in [7, 11) is -3.37. The standard InChI is InChI=1S/C19H27ClN2O4S/c20-16-5-3-4-15(12-16)18(22-8-10-26-11-9-22)13-21-19(23)14-27(24,25)17-6-1-2-7-17/h3-5,12,17-18H,1-2,6-11,13-14H2,(H,21,23). The topological polar surface area (TPSA) is 75.7 Å². The number of halogens is 1. The molecule has 0 spiro atoms. The highest BCUT2D eigenvalue weighted by Gasteiger charge is 2.31. The fourth-order valence-electron chi connectivity index (χ4n) is 3.87. The number of carbonyl (C=O) groups is 1. The van der Waals surface area contributed by atoms with Crippen molar-refractivity contribution in [2.24, 2.45) is 0 Å². The van der Waals surface area contributed by atoms with Crippen LogP contribution >= 0.6 is 11.6 Å². The van der Waals surface area contributed by atoms with Crippen LogP contribution in [-0.4, -0.2) is 63.1 Å². The van der Waals surface area contributed by atoms with E-state index in [9.17, 15) is 13.2 Å². The Hall–Kier alpha value is -1.15. The molecule has 1 aromatic carbocycles. The first-order valence-corrected chi connectivity index (χ1v) is 11.6. The zero-order valence-electron chi connectivity index (χ0n) is 15.4. The summed E-state index contributed by atoms with van der Waals surface area (Å²) in [5.74, 6) is -0.856. The van der Waals surface area contributed by atoms with Gasteiger partial charge in [0.2, 0.25) is 5.91 Å². The van der Waals surface area contributed by atoms with Crippen LogP contribution in [0.25, 0.3) is 0 Å². The summed E-state index contributed by atoms with van der Waals surface area (Å²) < 4.78 is 30.2. The summed E-state index contributed by atoms with van der Waals surface area (Å²) in [5, 5.41) is 3.12. The Balaban J connectivity index is 1.64. The minimum absolute atomic E-state index is 0.0641. The molecule has 1 unspecified atom stereocenters. The maximum Gasteiger partial charge on any atom is 0.235 e. The van der Waals surface area contributed by atoms with Gasteiger partial charge in [0.05, 0.1) is 24.5 Å². The largest absolute Gasteiger partial charge is 0.379 e. The van der Waals surface area contributed by atoms with Crippen LogP contribution in [0.15, 0.2) is 24.3 Å². The van der Waals surface area contributed by atoms with Gasteiger partial charge < -0.3 is 10.1 Å². The smallest absolute Gasteiger partial charge is 0.235 e. The Bertz CT molecular complexity index is 744. The molecular formula is C19H27ClN2O4S. The molecule has 1 saturated heterocycles. The van der Waals surface area contributed by atoms with Gasteiger partial charge in [0.15, 0.2) is 9.84 Å². The highest BCUT2D eigenvalue weighted by Crippen LogP contribution is 2.26. The summed E-state index contributed by atoms with van der Waals surface area (Å²) in [6.45, 7) is 3.14. The van der Waals surface area contributed by atoms with Gasteiger partial charge in [-0.1, -0.05) is 36.6 Å². The van der Waals surface area contributed by atoms with Crippen LogP contribution in [0.4, 0.5) is 0 Å². The molecule has 8 heteroatoms.